The van der Waals surface area contributed by atoms with Gasteiger partial charge in [0.25, 0.3) is 0 Å². The van der Waals surface area contributed by atoms with E-state index in [0.29, 0.717) is 57.1 Å². The minimum absolute atomic E-state index is 0.00414. The van der Waals surface area contributed by atoms with Crippen LogP contribution < -0.4 is 15.4 Å². The fourth-order valence-electron chi connectivity index (χ4n) is 5.83. The first-order chi connectivity index (χ1) is 19.4. The number of hydrogen-bond donors (Lipinski definition) is 1. The third-order valence-electron chi connectivity index (χ3n) is 7.78. The van der Waals surface area contributed by atoms with Crippen molar-refractivity contribution in [1.82, 2.24) is 0 Å². The Balaban J connectivity index is 1.67. The molecule has 41 heavy (non-hydrogen) atoms. The van der Waals surface area contributed by atoms with Gasteiger partial charge in [0.2, 0.25) is 0 Å². The molecule has 0 fully saturated rings. The number of nitrogens with two attached hydrogens (primary N) is 1. The summed E-state index contributed by atoms with van der Waals surface area (Å²) in [6, 6.07) is 18.8. The van der Waals surface area contributed by atoms with Crippen LogP contribution in [0.15, 0.2) is 77.3 Å². The smallest absolute Gasteiger partial charge is 0.162 e. The Labute approximate surface area is 255 Å². The molecule has 1 atom stereocenters. The number of allylic oxidation sites excluding steroid dienone is 3. The molecule has 0 bridgehead atoms. The molecule has 0 spiro atoms. The van der Waals surface area contributed by atoms with Crippen molar-refractivity contribution in [1.29, 1.82) is 5.26 Å². The average Bonchev–Trinajstić information content (AvgIpc) is 2.89. The number of hydrogen-bond acceptors (Lipinski definition) is 5. The van der Waals surface area contributed by atoms with Gasteiger partial charge in [-0.3, -0.25) is 9.69 Å². The molecule has 0 saturated heterocycles. The molecule has 2 aliphatic rings. The van der Waals surface area contributed by atoms with Crippen molar-refractivity contribution in [3.63, 3.8) is 0 Å². The van der Waals surface area contributed by atoms with Gasteiger partial charge in [-0.2, -0.15) is 5.26 Å². The Morgan fingerprint density at radius 1 is 1.00 bits per heavy atom. The predicted molar refractivity (Wildman–Crippen MR) is 165 cm³/mol. The van der Waals surface area contributed by atoms with Gasteiger partial charge in [-0.05, 0) is 90.4 Å². The topological polar surface area (TPSA) is 79.4 Å². The summed E-state index contributed by atoms with van der Waals surface area (Å²) < 4.78 is 6.06. The Morgan fingerprint density at radius 3 is 2.34 bits per heavy atom. The Hall–Kier alpha value is -3.43. The van der Waals surface area contributed by atoms with Crippen molar-refractivity contribution >= 4 is 46.3 Å². The monoisotopic (exact) mass is 605 g/mol. The van der Waals surface area contributed by atoms with E-state index in [-0.39, 0.29) is 17.0 Å². The third-order valence-corrected chi connectivity index (χ3v) is 8.57. The highest BCUT2D eigenvalue weighted by atomic mass is 35.5. The molecule has 8 heteroatoms. The number of rotatable bonds is 5. The van der Waals surface area contributed by atoms with Crippen LogP contribution in [0.3, 0.4) is 0 Å². The summed E-state index contributed by atoms with van der Waals surface area (Å²) >= 11 is 18.9. The number of Topliss-reactive ketones (excluding diaryl/α,β-unsaturated/α-hetero) is 1. The molecule has 5 rings (SSSR count). The first-order valence-corrected chi connectivity index (χ1v) is 14.4. The standard InChI is InChI=1S/C33H30Cl3N3O2/c1-18-11-19(2)24(12-20(18)17-41-23-8-5-21(34)6-9-23)30-25(16-37)32(38)39(27-10-7-22(35)13-26(27)36)28-14-33(3,4)15-29(40)31(28)30/h5-13,30H,14-15,17,38H2,1-4H3. The van der Waals surface area contributed by atoms with Gasteiger partial charge in [0.05, 0.1) is 28.3 Å². The molecule has 0 amide bonds. The minimum atomic E-state index is -0.615. The molecule has 0 radical (unpaired) electrons. The zero-order chi connectivity index (χ0) is 29.6. The molecular weight excluding hydrogens is 577 g/mol. The van der Waals surface area contributed by atoms with E-state index in [0.717, 1.165) is 28.0 Å². The molecular formula is C33H30Cl3N3O2. The lowest BCUT2D eigenvalue weighted by molar-refractivity contribution is -0.118. The van der Waals surface area contributed by atoms with E-state index < -0.39 is 5.92 Å². The van der Waals surface area contributed by atoms with Crippen LogP contribution in [-0.4, -0.2) is 5.78 Å². The molecule has 3 aromatic rings. The number of carbonyl (C=O) groups excluding carboxylic acids is 1. The van der Waals surface area contributed by atoms with Crippen molar-refractivity contribution in [2.24, 2.45) is 11.1 Å². The lowest BCUT2D eigenvalue weighted by Gasteiger charge is -2.44. The average molecular weight is 607 g/mol. The van der Waals surface area contributed by atoms with Crippen molar-refractivity contribution in [2.45, 2.75) is 53.1 Å². The highest BCUT2D eigenvalue weighted by Gasteiger charge is 2.45. The van der Waals surface area contributed by atoms with E-state index in [1.54, 1.807) is 35.2 Å². The summed E-state index contributed by atoms with van der Waals surface area (Å²) in [5, 5.41) is 12.0. The van der Waals surface area contributed by atoms with E-state index >= 15 is 0 Å². The Bertz CT molecular complexity index is 1670. The molecule has 2 N–H and O–H groups in total. The number of carbonyl (C=O) groups is 1. The molecule has 1 aliphatic carbocycles. The fraction of sp³-hybridized carbons (Fsp3) is 0.273. The van der Waals surface area contributed by atoms with Crippen LogP contribution in [0.1, 0.15) is 54.9 Å². The SMILES string of the molecule is Cc1cc(C)c(C2C(C#N)=C(N)N(c3ccc(Cl)cc3Cl)C3=C2C(=O)CC(C)(C)C3)cc1COc1ccc(Cl)cc1. The second-order valence-electron chi connectivity index (χ2n) is 11.5. The van der Waals surface area contributed by atoms with Crippen molar-refractivity contribution in [2.75, 3.05) is 4.90 Å². The van der Waals surface area contributed by atoms with Crippen molar-refractivity contribution in [3.05, 3.63) is 115 Å². The molecule has 5 nitrogen and oxygen atoms in total. The first kappa shape index (κ1) is 29.1. The molecule has 0 aromatic heterocycles. The number of nitriles is 1. The second-order valence-corrected chi connectivity index (χ2v) is 12.7. The highest BCUT2D eigenvalue weighted by molar-refractivity contribution is 6.36. The maximum atomic E-state index is 14.0. The third kappa shape index (κ3) is 5.57. The summed E-state index contributed by atoms with van der Waals surface area (Å²) in [4.78, 5) is 15.7. The van der Waals surface area contributed by atoms with Gasteiger partial charge < -0.3 is 10.5 Å². The predicted octanol–water partition coefficient (Wildman–Crippen LogP) is 8.78. The van der Waals surface area contributed by atoms with Crippen LogP contribution in [0.5, 0.6) is 5.75 Å². The van der Waals surface area contributed by atoms with E-state index in [1.807, 2.05) is 32.0 Å². The molecule has 0 saturated carbocycles. The fourth-order valence-corrected chi connectivity index (χ4v) is 6.45. The molecule has 1 heterocycles. The van der Waals surface area contributed by atoms with Crippen LogP contribution in [0.2, 0.25) is 15.1 Å². The van der Waals surface area contributed by atoms with E-state index in [1.165, 1.54) is 0 Å². The first-order valence-electron chi connectivity index (χ1n) is 13.3. The largest absolute Gasteiger partial charge is 0.489 e. The highest BCUT2D eigenvalue weighted by Crippen LogP contribution is 2.51. The normalized spacial score (nSPS) is 18.3. The lowest BCUT2D eigenvalue weighted by Crippen LogP contribution is -2.42. The maximum absolute atomic E-state index is 14.0. The van der Waals surface area contributed by atoms with Gasteiger partial charge in [0.15, 0.2) is 5.78 Å². The summed E-state index contributed by atoms with van der Waals surface area (Å²) in [6.07, 6.45) is 0.945. The van der Waals surface area contributed by atoms with Crippen LogP contribution in [-0.2, 0) is 11.4 Å². The quantitative estimate of drug-likeness (QED) is 0.314. The molecule has 3 aromatic carbocycles. The van der Waals surface area contributed by atoms with E-state index in [9.17, 15) is 10.1 Å². The van der Waals surface area contributed by atoms with E-state index in [2.05, 4.69) is 26.0 Å². The van der Waals surface area contributed by atoms with Crippen LogP contribution in [0.4, 0.5) is 5.69 Å². The summed E-state index contributed by atoms with van der Waals surface area (Å²) in [7, 11) is 0. The van der Waals surface area contributed by atoms with E-state index in [4.69, 9.17) is 45.3 Å². The Morgan fingerprint density at radius 2 is 1.68 bits per heavy atom. The Kier molecular flexibility index (Phi) is 7.87. The number of benzene rings is 3. The van der Waals surface area contributed by atoms with Crippen LogP contribution >= 0.6 is 34.8 Å². The van der Waals surface area contributed by atoms with Gasteiger partial charge in [-0.15, -0.1) is 0 Å². The summed E-state index contributed by atoms with van der Waals surface area (Å²) in [5.74, 6) is 0.330. The number of ketones is 1. The molecule has 1 unspecified atom stereocenters. The number of ether oxygens (including phenoxy) is 1. The zero-order valence-corrected chi connectivity index (χ0v) is 25.6. The second kappa shape index (κ2) is 11.1. The zero-order valence-electron chi connectivity index (χ0n) is 23.3. The number of anilines is 1. The lowest BCUT2D eigenvalue weighted by atomic mass is 9.68. The van der Waals surface area contributed by atoms with Crippen molar-refractivity contribution in [3.8, 4) is 11.8 Å². The van der Waals surface area contributed by atoms with Gasteiger partial charge in [-0.1, -0.05) is 60.8 Å². The maximum Gasteiger partial charge on any atom is 0.162 e. The summed E-state index contributed by atoms with van der Waals surface area (Å²) in [6.45, 7) is 8.46. The summed E-state index contributed by atoms with van der Waals surface area (Å²) in [5.41, 5.74) is 12.6. The number of aryl methyl sites for hydroxylation is 2. The number of nitrogens with zero attached hydrogens (tertiary/aromatic N) is 2. The van der Waals surface area contributed by atoms with Gasteiger partial charge in [-0.25, -0.2) is 0 Å². The molecule has 210 valence electrons. The minimum Gasteiger partial charge on any atom is -0.489 e. The van der Waals surface area contributed by atoms with Crippen LogP contribution in [0, 0.1) is 30.6 Å². The van der Waals surface area contributed by atoms with Crippen LogP contribution in [0.25, 0.3) is 0 Å². The van der Waals surface area contributed by atoms with Gasteiger partial charge in [0, 0.05) is 27.7 Å². The van der Waals surface area contributed by atoms with Gasteiger partial charge >= 0.3 is 0 Å². The van der Waals surface area contributed by atoms with Crippen molar-refractivity contribution < 1.29 is 9.53 Å². The van der Waals surface area contributed by atoms with Gasteiger partial charge in [0.1, 0.15) is 18.2 Å². The molecule has 1 aliphatic heterocycles. The number of halogens is 3.